The topological polar surface area (TPSA) is 77.0 Å². The minimum Gasteiger partial charge on any atom is -0.438 e. The number of pyridine rings is 1. The monoisotopic (exact) mass is 432 g/mol. The maximum atomic E-state index is 12.6. The molecule has 134 valence electrons. The minimum absolute atomic E-state index is 0.235. The Kier molecular flexibility index (Phi) is 5.95. The number of nitrogens with zero attached hydrogens (tertiary/aromatic N) is 3. The Morgan fingerprint density at radius 2 is 2.00 bits per heavy atom. The summed E-state index contributed by atoms with van der Waals surface area (Å²) in [5.41, 5.74) is 0.330. The lowest BCUT2D eigenvalue weighted by molar-refractivity contribution is 0.102. The van der Waals surface area contributed by atoms with E-state index in [1.807, 2.05) is 12.1 Å². The van der Waals surface area contributed by atoms with Crippen molar-refractivity contribution in [3.05, 3.63) is 57.6 Å². The number of hydrogen-bond donors (Lipinski definition) is 1. The Morgan fingerprint density at radius 3 is 2.73 bits per heavy atom. The molecule has 26 heavy (non-hydrogen) atoms. The van der Waals surface area contributed by atoms with Crippen molar-refractivity contribution >= 4 is 38.3 Å². The van der Waals surface area contributed by atoms with Crippen molar-refractivity contribution in [3.63, 3.8) is 0 Å². The van der Waals surface area contributed by atoms with Gasteiger partial charge in [0.1, 0.15) is 16.3 Å². The highest BCUT2D eigenvalue weighted by Crippen LogP contribution is 2.26. The summed E-state index contributed by atoms with van der Waals surface area (Å²) in [7, 11) is 0. The number of ether oxygens (including phenoxy) is 1. The third-order valence-corrected chi connectivity index (χ3v) is 4.70. The van der Waals surface area contributed by atoms with Gasteiger partial charge in [0.2, 0.25) is 11.0 Å². The van der Waals surface area contributed by atoms with Crippen LogP contribution >= 0.6 is 27.3 Å². The van der Waals surface area contributed by atoms with Crippen LogP contribution in [0.1, 0.15) is 29.2 Å². The van der Waals surface area contributed by atoms with Gasteiger partial charge in [-0.25, -0.2) is 4.98 Å². The molecule has 6 nitrogen and oxygen atoms in total. The first-order valence-corrected chi connectivity index (χ1v) is 9.64. The second-order valence-electron chi connectivity index (χ2n) is 5.97. The Balaban J connectivity index is 1.75. The molecule has 3 rings (SSSR count). The van der Waals surface area contributed by atoms with E-state index < -0.39 is 0 Å². The molecule has 0 aliphatic rings. The fraction of sp³-hybridized carbons (Fsp3) is 0.222. The number of amides is 1. The van der Waals surface area contributed by atoms with E-state index in [1.165, 1.54) is 11.3 Å². The summed E-state index contributed by atoms with van der Waals surface area (Å²) in [4.78, 5) is 16.8. The van der Waals surface area contributed by atoms with Crippen LogP contribution in [0.3, 0.4) is 0 Å². The molecule has 0 fully saturated rings. The highest BCUT2D eigenvalue weighted by molar-refractivity contribution is 9.10. The number of carbonyl (C=O) groups is 1. The van der Waals surface area contributed by atoms with E-state index in [0.717, 1.165) is 15.9 Å². The summed E-state index contributed by atoms with van der Waals surface area (Å²) in [6.07, 6.45) is 2.41. The van der Waals surface area contributed by atoms with Gasteiger partial charge in [-0.1, -0.05) is 41.1 Å². The summed E-state index contributed by atoms with van der Waals surface area (Å²) < 4.78 is 6.70. The van der Waals surface area contributed by atoms with Crippen LogP contribution in [0.2, 0.25) is 0 Å². The minimum atomic E-state index is -0.336. The van der Waals surface area contributed by atoms with Gasteiger partial charge in [0.05, 0.1) is 0 Å². The lowest BCUT2D eigenvalue weighted by Gasteiger charge is -2.09. The van der Waals surface area contributed by atoms with E-state index >= 15 is 0 Å². The summed E-state index contributed by atoms with van der Waals surface area (Å²) in [6.45, 7) is 4.22. The lowest BCUT2D eigenvalue weighted by atomic mass is 10.1. The van der Waals surface area contributed by atoms with E-state index in [4.69, 9.17) is 4.74 Å². The second-order valence-corrected chi connectivity index (χ2v) is 7.94. The van der Waals surface area contributed by atoms with Gasteiger partial charge in [-0.3, -0.25) is 10.1 Å². The third kappa shape index (κ3) is 4.86. The molecule has 8 heteroatoms. The van der Waals surface area contributed by atoms with E-state index in [9.17, 15) is 4.79 Å². The predicted molar refractivity (Wildman–Crippen MR) is 105 cm³/mol. The molecule has 1 N–H and O–H groups in total. The quantitative estimate of drug-likeness (QED) is 0.596. The molecule has 0 radical (unpaired) electrons. The molecule has 0 saturated heterocycles. The third-order valence-electron chi connectivity index (χ3n) is 3.31. The molecule has 2 aromatic heterocycles. The number of carbonyl (C=O) groups excluding carboxylic acids is 1. The fourth-order valence-corrected chi connectivity index (χ4v) is 3.37. The maximum Gasteiger partial charge on any atom is 0.262 e. The van der Waals surface area contributed by atoms with Gasteiger partial charge in [0, 0.05) is 17.1 Å². The standard InChI is InChI=1S/C18H17BrN4O2S/c1-11(2)10-15-22-23-18(26-15)21-16(24)14-4-3-9-20-17(14)25-13-7-5-12(19)6-8-13/h3-9,11H,10H2,1-2H3,(H,21,23,24). The normalized spacial score (nSPS) is 10.8. The van der Waals surface area contributed by atoms with Gasteiger partial charge in [0.15, 0.2) is 0 Å². The van der Waals surface area contributed by atoms with Crippen LogP contribution in [0.5, 0.6) is 11.6 Å². The molecular formula is C18H17BrN4O2S. The van der Waals surface area contributed by atoms with Gasteiger partial charge in [0.25, 0.3) is 5.91 Å². The van der Waals surface area contributed by atoms with Crippen LogP contribution in [0.15, 0.2) is 47.1 Å². The molecule has 1 amide bonds. The van der Waals surface area contributed by atoms with Gasteiger partial charge in [-0.15, -0.1) is 10.2 Å². The first-order chi connectivity index (χ1) is 12.5. The van der Waals surface area contributed by atoms with E-state index in [2.05, 4.69) is 50.3 Å². The molecule has 0 aliphatic carbocycles. The van der Waals surface area contributed by atoms with Gasteiger partial charge in [-0.05, 0) is 42.3 Å². The van der Waals surface area contributed by atoms with Crippen LogP contribution in [-0.4, -0.2) is 21.1 Å². The fourth-order valence-electron chi connectivity index (χ4n) is 2.16. The number of aromatic nitrogens is 3. The largest absolute Gasteiger partial charge is 0.438 e. The molecule has 0 bridgehead atoms. The summed E-state index contributed by atoms with van der Waals surface area (Å²) in [6, 6.07) is 10.7. The van der Waals surface area contributed by atoms with Crippen LogP contribution in [0, 0.1) is 5.92 Å². The van der Waals surface area contributed by atoms with Gasteiger partial charge in [-0.2, -0.15) is 0 Å². The van der Waals surface area contributed by atoms with Crippen molar-refractivity contribution in [3.8, 4) is 11.6 Å². The highest BCUT2D eigenvalue weighted by atomic mass is 79.9. The molecule has 0 atom stereocenters. The maximum absolute atomic E-state index is 12.6. The average molecular weight is 433 g/mol. The Labute approximate surface area is 163 Å². The first-order valence-electron chi connectivity index (χ1n) is 8.03. The van der Waals surface area contributed by atoms with E-state index in [0.29, 0.717) is 22.4 Å². The summed E-state index contributed by atoms with van der Waals surface area (Å²) in [5.74, 6) is 0.975. The van der Waals surface area contributed by atoms with Gasteiger partial charge >= 0.3 is 0 Å². The van der Waals surface area contributed by atoms with Crippen LogP contribution in [0.4, 0.5) is 5.13 Å². The van der Waals surface area contributed by atoms with E-state index in [1.54, 1.807) is 30.5 Å². The van der Waals surface area contributed by atoms with Crippen molar-refractivity contribution in [2.24, 2.45) is 5.92 Å². The van der Waals surface area contributed by atoms with Crippen molar-refractivity contribution in [2.75, 3.05) is 5.32 Å². The number of hydrogen-bond acceptors (Lipinski definition) is 6. The molecular weight excluding hydrogens is 416 g/mol. The zero-order valence-electron chi connectivity index (χ0n) is 14.3. The smallest absolute Gasteiger partial charge is 0.262 e. The number of nitrogens with one attached hydrogen (secondary N) is 1. The zero-order chi connectivity index (χ0) is 18.5. The van der Waals surface area contributed by atoms with Crippen LogP contribution in [-0.2, 0) is 6.42 Å². The SMILES string of the molecule is CC(C)Cc1nnc(NC(=O)c2cccnc2Oc2ccc(Br)cc2)s1. The molecule has 2 heterocycles. The Hall–Kier alpha value is -2.32. The average Bonchev–Trinajstić information content (AvgIpc) is 3.03. The molecule has 1 aromatic carbocycles. The number of rotatable bonds is 6. The van der Waals surface area contributed by atoms with Crippen molar-refractivity contribution in [1.82, 2.24) is 15.2 Å². The molecule has 0 unspecified atom stereocenters. The Morgan fingerprint density at radius 1 is 1.23 bits per heavy atom. The second kappa shape index (κ2) is 8.37. The molecule has 0 spiro atoms. The first kappa shape index (κ1) is 18.5. The van der Waals surface area contributed by atoms with Gasteiger partial charge < -0.3 is 4.74 Å². The summed E-state index contributed by atoms with van der Waals surface area (Å²) >= 11 is 4.75. The summed E-state index contributed by atoms with van der Waals surface area (Å²) in [5, 5.41) is 12.3. The highest BCUT2D eigenvalue weighted by Gasteiger charge is 2.16. The zero-order valence-corrected chi connectivity index (χ0v) is 16.7. The molecule has 3 aromatic rings. The van der Waals surface area contributed by atoms with E-state index in [-0.39, 0.29) is 11.8 Å². The predicted octanol–water partition coefficient (Wildman–Crippen LogP) is 4.94. The van der Waals surface area contributed by atoms with Crippen LogP contribution < -0.4 is 10.1 Å². The van der Waals surface area contributed by atoms with Crippen LogP contribution in [0.25, 0.3) is 0 Å². The van der Waals surface area contributed by atoms with Crippen molar-refractivity contribution in [1.29, 1.82) is 0 Å². The number of benzene rings is 1. The van der Waals surface area contributed by atoms with Crippen molar-refractivity contribution < 1.29 is 9.53 Å². The molecule has 0 aliphatic heterocycles. The van der Waals surface area contributed by atoms with Crippen molar-refractivity contribution in [2.45, 2.75) is 20.3 Å². The Bertz CT molecular complexity index is 896. The number of halogens is 1. The lowest BCUT2D eigenvalue weighted by Crippen LogP contribution is -2.13. The number of anilines is 1. The molecule has 0 saturated carbocycles.